The second kappa shape index (κ2) is 7.19. The zero-order chi connectivity index (χ0) is 19.8. The molecule has 2 aromatic rings. The summed E-state index contributed by atoms with van der Waals surface area (Å²) in [6.45, 7) is 3.52. The van der Waals surface area contributed by atoms with E-state index in [1.807, 2.05) is 4.90 Å². The number of benzene rings is 2. The zero-order valence-corrected chi connectivity index (χ0v) is 15.5. The van der Waals surface area contributed by atoms with Crippen molar-refractivity contribution in [3.63, 3.8) is 0 Å². The Morgan fingerprint density at radius 3 is 1.93 bits per heavy atom. The number of nitrogens with zero attached hydrogens (tertiary/aromatic N) is 2. The van der Waals surface area contributed by atoms with Crippen molar-refractivity contribution in [2.45, 2.75) is 19.8 Å². The molecular weight excluding hydrogens is 362 g/mol. The number of likely N-dealkylation sites (tertiary alicyclic amines) is 1. The summed E-state index contributed by atoms with van der Waals surface area (Å²) < 4.78 is 26.7. The van der Waals surface area contributed by atoms with Gasteiger partial charge in [0.25, 0.3) is 11.8 Å². The Labute approximate surface area is 162 Å². The summed E-state index contributed by atoms with van der Waals surface area (Å²) >= 11 is 0. The lowest BCUT2D eigenvalue weighted by atomic mass is 9.97. The van der Waals surface area contributed by atoms with E-state index in [-0.39, 0.29) is 5.57 Å². The first kappa shape index (κ1) is 18.3. The van der Waals surface area contributed by atoms with Gasteiger partial charge < -0.3 is 4.90 Å². The second-order valence-corrected chi connectivity index (χ2v) is 7.32. The summed E-state index contributed by atoms with van der Waals surface area (Å²) in [5.74, 6) is -1.20. The van der Waals surface area contributed by atoms with E-state index in [0.29, 0.717) is 36.0 Å². The standard InChI is InChI=1S/C22H20F2N2O2/c1-14-10-12-25(13-11-14)20-19(15-2-4-16(23)5-3-15)21(27)26(22(20)28)18-8-6-17(24)7-9-18/h2-9,14H,10-13H2,1H3. The van der Waals surface area contributed by atoms with Crippen LogP contribution in [0.1, 0.15) is 25.3 Å². The van der Waals surface area contributed by atoms with Crippen molar-refractivity contribution < 1.29 is 18.4 Å². The van der Waals surface area contributed by atoms with Crippen LogP contribution in [0.5, 0.6) is 0 Å². The molecule has 2 heterocycles. The molecule has 2 aliphatic rings. The van der Waals surface area contributed by atoms with Crippen molar-refractivity contribution in [2.75, 3.05) is 18.0 Å². The van der Waals surface area contributed by atoms with Crippen molar-refractivity contribution in [3.05, 3.63) is 71.4 Å². The van der Waals surface area contributed by atoms with E-state index in [1.165, 1.54) is 48.5 Å². The number of amides is 2. The normalized spacial score (nSPS) is 18.4. The highest BCUT2D eigenvalue weighted by Gasteiger charge is 2.42. The van der Waals surface area contributed by atoms with E-state index < -0.39 is 23.4 Å². The van der Waals surface area contributed by atoms with Gasteiger partial charge >= 0.3 is 0 Å². The highest BCUT2D eigenvalue weighted by Crippen LogP contribution is 2.36. The second-order valence-electron chi connectivity index (χ2n) is 7.32. The van der Waals surface area contributed by atoms with Gasteiger partial charge in [-0.2, -0.15) is 0 Å². The fourth-order valence-corrected chi connectivity index (χ4v) is 3.75. The lowest BCUT2D eigenvalue weighted by Crippen LogP contribution is -2.38. The van der Waals surface area contributed by atoms with Crippen LogP contribution in [0.2, 0.25) is 0 Å². The number of piperidine rings is 1. The predicted octanol–water partition coefficient (Wildman–Crippen LogP) is 3.98. The first-order valence-corrected chi connectivity index (χ1v) is 9.35. The number of carbonyl (C=O) groups is 2. The molecule has 0 spiro atoms. The van der Waals surface area contributed by atoms with Gasteiger partial charge in [0.2, 0.25) is 0 Å². The third-order valence-corrected chi connectivity index (χ3v) is 5.38. The van der Waals surface area contributed by atoms with Gasteiger partial charge in [-0.05, 0) is 60.7 Å². The quantitative estimate of drug-likeness (QED) is 0.754. The lowest BCUT2D eigenvalue weighted by molar-refractivity contribution is -0.120. The molecule has 0 radical (unpaired) electrons. The molecule has 2 aromatic carbocycles. The van der Waals surface area contributed by atoms with Crippen LogP contribution < -0.4 is 4.90 Å². The maximum absolute atomic E-state index is 13.4. The molecule has 1 fully saturated rings. The monoisotopic (exact) mass is 382 g/mol. The number of imide groups is 1. The highest BCUT2D eigenvalue weighted by atomic mass is 19.1. The fraction of sp³-hybridized carbons (Fsp3) is 0.273. The van der Waals surface area contributed by atoms with Crippen LogP contribution in [0, 0.1) is 17.6 Å². The Morgan fingerprint density at radius 1 is 0.821 bits per heavy atom. The van der Waals surface area contributed by atoms with Gasteiger partial charge in [0.1, 0.15) is 17.3 Å². The van der Waals surface area contributed by atoms with Crippen molar-refractivity contribution in [2.24, 2.45) is 5.92 Å². The van der Waals surface area contributed by atoms with Crippen molar-refractivity contribution in [1.29, 1.82) is 0 Å². The number of anilines is 1. The van der Waals surface area contributed by atoms with Gasteiger partial charge in [0.05, 0.1) is 11.3 Å². The van der Waals surface area contributed by atoms with Crippen molar-refractivity contribution in [1.82, 2.24) is 4.90 Å². The Bertz CT molecular complexity index is 944. The van der Waals surface area contributed by atoms with Crippen LogP contribution in [0.4, 0.5) is 14.5 Å². The van der Waals surface area contributed by atoms with Crippen LogP contribution in [0.3, 0.4) is 0 Å². The summed E-state index contributed by atoms with van der Waals surface area (Å²) in [6, 6.07) is 10.8. The highest BCUT2D eigenvalue weighted by molar-refractivity contribution is 6.45. The van der Waals surface area contributed by atoms with Crippen LogP contribution in [-0.4, -0.2) is 29.8 Å². The molecule has 0 aromatic heterocycles. The molecule has 28 heavy (non-hydrogen) atoms. The topological polar surface area (TPSA) is 40.6 Å². The molecule has 0 bridgehead atoms. The van der Waals surface area contributed by atoms with Crippen molar-refractivity contribution in [3.8, 4) is 0 Å². The van der Waals surface area contributed by atoms with Crippen LogP contribution >= 0.6 is 0 Å². The predicted molar refractivity (Wildman–Crippen MR) is 102 cm³/mol. The molecule has 2 amide bonds. The largest absolute Gasteiger partial charge is 0.366 e. The molecule has 0 atom stereocenters. The molecule has 0 aliphatic carbocycles. The van der Waals surface area contributed by atoms with Gasteiger partial charge in [-0.3, -0.25) is 9.59 Å². The van der Waals surface area contributed by atoms with Crippen LogP contribution in [0.25, 0.3) is 5.57 Å². The average Bonchev–Trinajstić information content (AvgIpc) is 2.94. The molecule has 0 N–H and O–H groups in total. The molecule has 0 unspecified atom stereocenters. The molecule has 4 nitrogen and oxygen atoms in total. The number of hydrogen-bond donors (Lipinski definition) is 0. The van der Waals surface area contributed by atoms with E-state index in [2.05, 4.69) is 6.92 Å². The summed E-state index contributed by atoms with van der Waals surface area (Å²) in [5, 5.41) is 0. The lowest BCUT2D eigenvalue weighted by Gasteiger charge is -2.32. The smallest absolute Gasteiger partial charge is 0.282 e. The maximum atomic E-state index is 13.4. The molecule has 2 aliphatic heterocycles. The summed E-state index contributed by atoms with van der Waals surface area (Å²) in [4.78, 5) is 29.5. The number of carbonyl (C=O) groups excluding carboxylic acids is 2. The SMILES string of the molecule is CC1CCN(C2=C(c3ccc(F)cc3)C(=O)N(c3ccc(F)cc3)C2=O)CC1. The summed E-state index contributed by atoms with van der Waals surface area (Å²) in [6.07, 6.45) is 1.86. The average molecular weight is 382 g/mol. The summed E-state index contributed by atoms with van der Waals surface area (Å²) in [5.41, 5.74) is 1.42. The third kappa shape index (κ3) is 3.19. The minimum atomic E-state index is -0.475. The Morgan fingerprint density at radius 2 is 1.36 bits per heavy atom. The minimum absolute atomic E-state index is 0.267. The van der Waals surface area contributed by atoms with Gasteiger partial charge in [-0.25, -0.2) is 13.7 Å². The minimum Gasteiger partial charge on any atom is -0.366 e. The van der Waals surface area contributed by atoms with Gasteiger partial charge in [-0.15, -0.1) is 0 Å². The van der Waals surface area contributed by atoms with Gasteiger partial charge in [0.15, 0.2) is 0 Å². The van der Waals surface area contributed by atoms with Crippen LogP contribution in [-0.2, 0) is 9.59 Å². The van der Waals surface area contributed by atoms with Crippen molar-refractivity contribution >= 4 is 23.1 Å². The van der Waals surface area contributed by atoms with E-state index >= 15 is 0 Å². The van der Waals surface area contributed by atoms with E-state index in [9.17, 15) is 18.4 Å². The van der Waals surface area contributed by atoms with Gasteiger partial charge in [-0.1, -0.05) is 19.1 Å². The molecule has 4 rings (SSSR count). The molecule has 1 saturated heterocycles. The fourth-order valence-electron chi connectivity index (χ4n) is 3.75. The first-order valence-electron chi connectivity index (χ1n) is 9.35. The first-order chi connectivity index (χ1) is 13.5. The number of rotatable bonds is 3. The molecule has 0 saturated carbocycles. The van der Waals surface area contributed by atoms with E-state index in [1.54, 1.807) is 0 Å². The number of halogens is 2. The maximum Gasteiger partial charge on any atom is 0.282 e. The molecule has 144 valence electrons. The summed E-state index contributed by atoms with van der Waals surface area (Å²) in [7, 11) is 0. The molecular formula is C22H20F2N2O2. The Kier molecular flexibility index (Phi) is 4.71. The molecule has 6 heteroatoms. The number of hydrogen-bond acceptors (Lipinski definition) is 3. The van der Waals surface area contributed by atoms with Crippen LogP contribution in [0.15, 0.2) is 54.2 Å². The Hall–Kier alpha value is -3.02. The third-order valence-electron chi connectivity index (χ3n) is 5.38. The Balaban J connectivity index is 1.79. The van der Waals surface area contributed by atoms with E-state index in [0.717, 1.165) is 17.7 Å². The van der Waals surface area contributed by atoms with E-state index in [4.69, 9.17) is 0 Å². The zero-order valence-electron chi connectivity index (χ0n) is 15.5. The van der Waals surface area contributed by atoms with Gasteiger partial charge in [0, 0.05) is 13.1 Å².